The van der Waals surface area contributed by atoms with Gasteiger partial charge in [-0.15, -0.1) is 0 Å². The number of carboxylic acid groups (broad SMARTS) is 1. The van der Waals surface area contributed by atoms with E-state index in [4.69, 9.17) is 5.11 Å². The number of carbonyl (C=O) groups is 1. The highest BCUT2D eigenvalue weighted by molar-refractivity contribution is 5.87. The number of carboxylic acids is 1. The molecule has 0 radical (unpaired) electrons. The average Bonchev–Trinajstić information content (AvgIpc) is 3.10. The molecule has 0 saturated heterocycles. The maximum Gasteiger partial charge on any atom is 0.335 e. The molecule has 0 heterocycles. The number of aliphatic hydroxyl groups is 1. The second-order valence-corrected chi connectivity index (χ2v) is 4.13. The van der Waals surface area contributed by atoms with E-state index in [9.17, 15) is 9.90 Å². The minimum absolute atomic E-state index is 0.242. The maximum absolute atomic E-state index is 10.6. The van der Waals surface area contributed by atoms with Crippen molar-refractivity contribution in [1.29, 1.82) is 0 Å². The van der Waals surface area contributed by atoms with Gasteiger partial charge in [-0.3, -0.25) is 0 Å². The van der Waals surface area contributed by atoms with Crippen LogP contribution in [0.15, 0.2) is 24.3 Å². The molecule has 0 aliphatic heterocycles. The van der Waals surface area contributed by atoms with Crippen molar-refractivity contribution in [1.82, 2.24) is 5.32 Å². The molecule has 1 aromatic carbocycles. The predicted octanol–water partition coefficient (Wildman–Crippen LogP) is 1.17. The van der Waals surface area contributed by atoms with Crippen LogP contribution >= 0.6 is 0 Å². The van der Waals surface area contributed by atoms with Crippen molar-refractivity contribution < 1.29 is 15.0 Å². The molecule has 1 aromatic rings. The molecule has 3 N–H and O–H groups in total. The summed E-state index contributed by atoms with van der Waals surface area (Å²) in [6, 6.07) is 6.90. The minimum atomic E-state index is -0.947. The summed E-state index contributed by atoms with van der Waals surface area (Å²) in [5, 5.41) is 21.8. The number of aliphatic hydroxyl groups excluding tert-OH is 1. The average molecular weight is 221 g/mol. The molecule has 1 saturated carbocycles. The Morgan fingerprint density at radius 2 is 2.00 bits per heavy atom. The number of aromatic carboxylic acids is 1. The zero-order valence-corrected chi connectivity index (χ0v) is 8.89. The summed E-state index contributed by atoms with van der Waals surface area (Å²) in [6.07, 6.45) is 1.80. The van der Waals surface area contributed by atoms with Crippen LogP contribution in [-0.4, -0.2) is 28.8 Å². The number of hydrogen-bond donors (Lipinski definition) is 3. The molecule has 1 aliphatic carbocycles. The molecule has 4 nitrogen and oxygen atoms in total. The van der Waals surface area contributed by atoms with Crippen LogP contribution in [0.4, 0.5) is 0 Å². The molecule has 1 aliphatic rings. The highest BCUT2D eigenvalue weighted by atomic mass is 16.4. The molecule has 0 bridgehead atoms. The Hall–Kier alpha value is -1.39. The first kappa shape index (κ1) is 11.1. The molecule has 4 heteroatoms. The highest BCUT2D eigenvalue weighted by Gasteiger charge is 2.21. The van der Waals surface area contributed by atoms with Gasteiger partial charge in [0.1, 0.15) is 0 Å². The zero-order chi connectivity index (χ0) is 11.5. The standard InChI is InChI=1S/C12H15NO3/c14-11(7-13-10-5-6-10)8-1-3-9(4-2-8)12(15)16/h1-4,10-11,13-14H,5-7H2,(H,15,16). The molecule has 1 unspecified atom stereocenters. The molecule has 0 amide bonds. The molecular formula is C12H15NO3. The van der Waals surface area contributed by atoms with Gasteiger partial charge >= 0.3 is 5.97 Å². The summed E-state index contributed by atoms with van der Waals surface area (Å²) in [5.41, 5.74) is 0.990. The van der Waals surface area contributed by atoms with E-state index in [1.54, 1.807) is 12.1 Å². The van der Waals surface area contributed by atoms with Gasteiger partial charge in [-0.1, -0.05) is 12.1 Å². The van der Waals surface area contributed by atoms with E-state index in [0.29, 0.717) is 12.6 Å². The SMILES string of the molecule is O=C(O)c1ccc(C(O)CNC2CC2)cc1. The van der Waals surface area contributed by atoms with Gasteiger partial charge in [0.15, 0.2) is 0 Å². The number of nitrogens with one attached hydrogen (secondary N) is 1. The first-order chi connectivity index (χ1) is 7.66. The molecule has 86 valence electrons. The summed E-state index contributed by atoms with van der Waals surface area (Å²) in [4.78, 5) is 10.6. The third-order valence-electron chi connectivity index (χ3n) is 2.72. The van der Waals surface area contributed by atoms with E-state index in [2.05, 4.69) is 5.32 Å². The lowest BCUT2D eigenvalue weighted by Gasteiger charge is -2.11. The zero-order valence-electron chi connectivity index (χ0n) is 8.89. The van der Waals surface area contributed by atoms with Crippen molar-refractivity contribution in [2.24, 2.45) is 0 Å². The van der Waals surface area contributed by atoms with Gasteiger partial charge in [-0.2, -0.15) is 0 Å². The lowest BCUT2D eigenvalue weighted by atomic mass is 10.1. The summed E-state index contributed by atoms with van der Waals surface area (Å²) >= 11 is 0. The van der Waals surface area contributed by atoms with Crippen LogP contribution in [0.25, 0.3) is 0 Å². The van der Waals surface area contributed by atoms with Crippen molar-refractivity contribution in [3.05, 3.63) is 35.4 Å². The number of rotatable bonds is 5. The van der Waals surface area contributed by atoms with Crippen molar-refractivity contribution in [2.45, 2.75) is 25.0 Å². The number of hydrogen-bond acceptors (Lipinski definition) is 3. The van der Waals surface area contributed by atoms with Gasteiger partial charge in [0.05, 0.1) is 11.7 Å². The predicted molar refractivity (Wildman–Crippen MR) is 59.4 cm³/mol. The van der Waals surface area contributed by atoms with Crippen molar-refractivity contribution in [3.63, 3.8) is 0 Å². The Bertz CT molecular complexity index is 370. The molecule has 2 rings (SSSR count). The van der Waals surface area contributed by atoms with Crippen molar-refractivity contribution in [3.8, 4) is 0 Å². The summed E-state index contributed by atoms with van der Waals surface area (Å²) < 4.78 is 0. The van der Waals surface area contributed by atoms with E-state index >= 15 is 0 Å². The molecule has 1 fully saturated rings. The normalized spacial score (nSPS) is 17.1. The van der Waals surface area contributed by atoms with Gasteiger partial charge in [0, 0.05) is 12.6 Å². The summed E-state index contributed by atoms with van der Waals surface area (Å²) in [6.45, 7) is 0.525. The highest BCUT2D eigenvalue weighted by Crippen LogP contribution is 2.20. The molecular weight excluding hydrogens is 206 g/mol. The van der Waals surface area contributed by atoms with Crippen molar-refractivity contribution >= 4 is 5.97 Å². The third-order valence-corrected chi connectivity index (χ3v) is 2.72. The second kappa shape index (κ2) is 4.63. The second-order valence-electron chi connectivity index (χ2n) is 4.13. The Morgan fingerprint density at radius 3 is 2.50 bits per heavy atom. The fraction of sp³-hybridized carbons (Fsp3) is 0.417. The van der Waals surface area contributed by atoms with E-state index in [0.717, 1.165) is 5.56 Å². The summed E-state index contributed by atoms with van der Waals surface area (Å²) in [7, 11) is 0. The Labute approximate surface area is 93.9 Å². The fourth-order valence-electron chi connectivity index (χ4n) is 1.53. The Morgan fingerprint density at radius 1 is 1.38 bits per heavy atom. The van der Waals surface area contributed by atoms with Gasteiger partial charge in [-0.25, -0.2) is 4.79 Å². The van der Waals surface area contributed by atoms with E-state index in [-0.39, 0.29) is 5.56 Å². The number of benzene rings is 1. The lowest BCUT2D eigenvalue weighted by molar-refractivity contribution is 0.0696. The van der Waals surface area contributed by atoms with E-state index in [1.165, 1.54) is 25.0 Å². The van der Waals surface area contributed by atoms with Crippen LogP contribution < -0.4 is 5.32 Å². The van der Waals surface area contributed by atoms with Crippen LogP contribution in [0.5, 0.6) is 0 Å². The van der Waals surface area contributed by atoms with Crippen LogP contribution in [-0.2, 0) is 0 Å². The van der Waals surface area contributed by atoms with Gasteiger partial charge in [0.25, 0.3) is 0 Å². The smallest absolute Gasteiger partial charge is 0.335 e. The van der Waals surface area contributed by atoms with Gasteiger partial charge < -0.3 is 15.5 Å². The first-order valence-electron chi connectivity index (χ1n) is 5.41. The largest absolute Gasteiger partial charge is 0.478 e. The van der Waals surface area contributed by atoms with Crippen molar-refractivity contribution in [2.75, 3.05) is 6.54 Å². The first-order valence-corrected chi connectivity index (χ1v) is 5.41. The maximum atomic E-state index is 10.6. The monoisotopic (exact) mass is 221 g/mol. The van der Waals surface area contributed by atoms with Gasteiger partial charge in [0.2, 0.25) is 0 Å². The molecule has 0 spiro atoms. The van der Waals surface area contributed by atoms with Crippen LogP contribution in [0.3, 0.4) is 0 Å². The van der Waals surface area contributed by atoms with Crippen LogP contribution in [0.1, 0.15) is 34.9 Å². The minimum Gasteiger partial charge on any atom is -0.478 e. The Balaban J connectivity index is 1.93. The van der Waals surface area contributed by atoms with Gasteiger partial charge in [-0.05, 0) is 30.5 Å². The third kappa shape index (κ3) is 2.81. The van der Waals surface area contributed by atoms with E-state index < -0.39 is 12.1 Å². The van der Waals surface area contributed by atoms with Crippen LogP contribution in [0.2, 0.25) is 0 Å². The quantitative estimate of drug-likeness (QED) is 0.698. The molecule has 16 heavy (non-hydrogen) atoms. The lowest BCUT2D eigenvalue weighted by Crippen LogP contribution is -2.23. The summed E-state index contributed by atoms with van der Waals surface area (Å²) in [5.74, 6) is -0.947. The topological polar surface area (TPSA) is 69.6 Å². The fourth-order valence-corrected chi connectivity index (χ4v) is 1.53. The molecule has 0 aromatic heterocycles. The van der Waals surface area contributed by atoms with E-state index in [1.807, 2.05) is 0 Å². The van der Waals surface area contributed by atoms with Crippen LogP contribution in [0, 0.1) is 0 Å². The molecule has 1 atom stereocenters. The Kier molecular flexibility index (Phi) is 3.22.